The van der Waals surface area contributed by atoms with Crippen LogP contribution in [0.25, 0.3) is 33.2 Å². The molecule has 0 fully saturated rings. The average molecular weight is 488 g/mol. The van der Waals surface area contributed by atoms with Gasteiger partial charge in [0, 0.05) is 39.3 Å². The number of fused-ring (bicyclic) bond motifs is 2. The fourth-order valence-corrected chi connectivity index (χ4v) is 4.63. The summed E-state index contributed by atoms with van der Waals surface area (Å²) in [7, 11) is 0. The maximum absolute atomic E-state index is 12.5. The van der Waals surface area contributed by atoms with Crippen LogP contribution >= 0.6 is 23.2 Å². The molecule has 0 radical (unpaired) electrons. The van der Waals surface area contributed by atoms with Gasteiger partial charge in [-0.25, -0.2) is 4.98 Å². The average Bonchev–Trinajstić information content (AvgIpc) is 3.21. The van der Waals surface area contributed by atoms with Gasteiger partial charge in [-0.1, -0.05) is 65.7 Å². The first-order valence-corrected chi connectivity index (χ1v) is 12.0. The van der Waals surface area contributed by atoms with Crippen molar-refractivity contribution in [2.45, 2.75) is 25.8 Å². The molecule has 0 aliphatic carbocycles. The number of hydrogen-bond donors (Lipinski definition) is 2. The van der Waals surface area contributed by atoms with E-state index in [1.54, 1.807) is 0 Å². The van der Waals surface area contributed by atoms with E-state index in [0.29, 0.717) is 29.4 Å². The van der Waals surface area contributed by atoms with Gasteiger partial charge in [-0.15, -0.1) is 0 Å². The third-order valence-corrected chi connectivity index (χ3v) is 6.59. The van der Waals surface area contributed by atoms with Gasteiger partial charge < -0.3 is 10.3 Å². The summed E-state index contributed by atoms with van der Waals surface area (Å²) in [6.45, 7) is 0.424. The van der Waals surface area contributed by atoms with Gasteiger partial charge in [0.05, 0.1) is 16.9 Å². The van der Waals surface area contributed by atoms with Crippen LogP contribution in [0.15, 0.2) is 78.9 Å². The molecule has 2 aromatic heterocycles. The predicted molar refractivity (Wildman–Crippen MR) is 140 cm³/mol. The summed E-state index contributed by atoms with van der Waals surface area (Å²) >= 11 is 12.5. The Morgan fingerprint density at radius 1 is 0.941 bits per heavy atom. The van der Waals surface area contributed by atoms with Gasteiger partial charge in [0.1, 0.15) is 0 Å². The van der Waals surface area contributed by atoms with Crippen LogP contribution in [-0.2, 0) is 17.8 Å². The third kappa shape index (κ3) is 4.79. The minimum Gasteiger partial charge on any atom is -0.353 e. The second-order valence-corrected chi connectivity index (χ2v) is 9.12. The predicted octanol–water partition coefficient (Wildman–Crippen LogP) is 7.33. The van der Waals surface area contributed by atoms with Crippen LogP contribution in [0.3, 0.4) is 0 Å². The van der Waals surface area contributed by atoms with Crippen LogP contribution in [-0.4, -0.2) is 15.9 Å². The Balaban J connectivity index is 1.36. The smallest absolute Gasteiger partial charge is 0.220 e. The van der Waals surface area contributed by atoms with Crippen LogP contribution in [0.4, 0.5) is 0 Å². The van der Waals surface area contributed by atoms with Gasteiger partial charge >= 0.3 is 0 Å². The SMILES string of the molecule is O=C(CCCc1c(-c2ccc3ccccc3n2)[nH]c2ccc(Cl)cc12)NCc1ccccc1Cl. The third-order valence-electron chi connectivity index (χ3n) is 5.99. The number of halogens is 2. The number of aromatic nitrogens is 2. The van der Waals surface area contributed by atoms with Gasteiger partial charge in [-0.05, 0) is 60.4 Å². The molecule has 6 heteroatoms. The van der Waals surface area contributed by atoms with Crippen LogP contribution < -0.4 is 5.32 Å². The zero-order chi connectivity index (χ0) is 23.5. The first-order valence-electron chi connectivity index (χ1n) is 11.2. The molecule has 2 heterocycles. The normalized spacial score (nSPS) is 11.2. The van der Waals surface area contributed by atoms with Crippen molar-refractivity contribution >= 4 is 50.9 Å². The van der Waals surface area contributed by atoms with Gasteiger partial charge in [0.2, 0.25) is 5.91 Å². The molecule has 1 amide bonds. The Kier molecular flexibility index (Phi) is 6.52. The van der Waals surface area contributed by atoms with Crippen molar-refractivity contribution in [2.75, 3.05) is 0 Å². The number of benzene rings is 3. The molecule has 4 nitrogen and oxygen atoms in total. The van der Waals surface area contributed by atoms with Crippen molar-refractivity contribution in [1.82, 2.24) is 15.3 Å². The number of carbonyl (C=O) groups is 1. The highest BCUT2D eigenvalue weighted by molar-refractivity contribution is 6.31. The number of amides is 1. The van der Waals surface area contributed by atoms with Gasteiger partial charge in [0.25, 0.3) is 0 Å². The fourth-order valence-electron chi connectivity index (χ4n) is 4.25. The Morgan fingerprint density at radius 3 is 2.65 bits per heavy atom. The Labute approximate surface area is 207 Å². The van der Waals surface area contributed by atoms with E-state index >= 15 is 0 Å². The summed E-state index contributed by atoms with van der Waals surface area (Å²) in [6.07, 6.45) is 1.85. The molecule has 170 valence electrons. The minimum absolute atomic E-state index is 0.00294. The summed E-state index contributed by atoms with van der Waals surface area (Å²) in [5.74, 6) is 0.00294. The maximum Gasteiger partial charge on any atom is 0.220 e. The van der Waals surface area contributed by atoms with Crippen LogP contribution in [0.2, 0.25) is 10.0 Å². The number of para-hydroxylation sites is 1. The zero-order valence-electron chi connectivity index (χ0n) is 18.4. The molecule has 0 atom stereocenters. The molecule has 2 N–H and O–H groups in total. The van der Waals surface area contributed by atoms with Crippen molar-refractivity contribution in [3.8, 4) is 11.4 Å². The zero-order valence-corrected chi connectivity index (χ0v) is 20.0. The Bertz CT molecular complexity index is 1490. The van der Waals surface area contributed by atoms with Crippen molar-refractivity contribution in [3.63, 3.8) is 0 Å². The lowest BCUT2D eigenvalue weighted by molar-refractivity contribution is -0.121. The first kappa shape index (κ1) is 22.5. The Hall–Kier alpha value is -3.34. The van der Waals surface area contributed by atoms with Gasteiger partial charge in [0.15, 0.2) is 0 Å². The van der Waals surface area contributed by atoms with Crippen molar-refractivity contribution in [2.24, 2.45) is 0 Å². The van der Waals surface area contributed by atoms with E-state index in [1.807, 2.05) is 66.7 Å². The molecule has 0 aliphatic heterocycles. The molecule has 3 aromatic carbocycles. The lowest BCUT2D eigenvalue weighted by atomic mass is 10.0. The van der Waals surface area contributed by atoms with Crippen LogP contribution in [0.5, 0.6) is 0 Å². The molecule has 0 saturated heterocycles. The van der Waals surface area contributed by atoms with Crippen LogP contribution in [0, 0.1) is 0 Å². The number of H-pyrrole nitrogens is 1. The molecule has 0 saturated carbocycles. The van der Waals surface area contributed by atoms with E-state index < -0.39 is 0 Å². The number of aromatic amines is 1. The molecule has 0 bridgehead atoms. The molecular formula is C28H23Cl2N3O. The van der Waals surface area contributed by atoms with Crippen molar-refractivity contribution in [3.05, 3.63) is 100 Å². The minimum atomic E-state index is 0.00294. The van der Waals surface area contributed by atoms with Crippen LogP contribution in [0.1, 0.15) is 24.0 Å². The Morgan fingerprint density at radius 2 is 1.76 bits per heavy atom. The highest BCUT2D eigenvalue weighted by Crippen LogP contribution is 2.33. The summed E-state index contributed by atoms with van der Waals surface area (Å²) in [5, 5.41) is 6.47. The monoisotopic (exact) mass is 487 g/mol. The van der Waals surface area contributed by atoms with Gasteiger partial charge in [-0.3, -0.25) is 4.79 Å². The molecule has 5 aromatic rings. The topological polar surface area (TPSA) is 57.8 Å². The number of carbonyl (C=O) groups excluding carboxylic acids is 1. The van der Waals surface area contributed by atoms with E-state index in [0.717, 1.165) is 50.7 Å². The summed E-state index contributed by atoms with van der Waals surface area (Å²) in [4.78, 5) is 20.9. The van der Waals surface area contributed by atoms with E-state index in [-0.39, 0.29) is 5.91 Å². The number of nitrogens with one attached hydrogen (secondary N) is 2. The quantitative estimate of drug-likeness (QED) is 0.252. The molecule has 0 spiro atoms. The number of rotatable bonds is 7. The largest absolute Gasteiger partial charge is 0.353 e. The lowest BCUT2D eigenvalue weighted by Crippen LogP contribution is -2.22. The number of aryl methyl sites for hydroxylation is 1. The van der Waals surface area contributed by atoms with E-state index in [9.17, 15) is 4.79 Å². The summed E-state index contributed by atoms with van der Waals surface area (Å²) < 4.78 is 0. The van der Waals surface area contributed by atoms with E-state index in [1.165, 1.54) is 0 Å². The first-order chi connectivity index (χ1) is 16.6. The summed E-state index contributed by atoms with van der Waals surface area (Å²) in [6, 6.07) is 25.6. The van der Waals surface area contributed by atoms with E-state index in [2.05, 4.69) is 22.4 Å². The number of hydrogen-bond acceptors (Lipinski definition) is 2. The standard InChI is InChI=1S/C28H23Cl2N3O/c29-20-13-15-25-22(16-20)21(8-5-11-27(34)31-17-19-7-1-3-9-23(19)30)28(33-25)26-14-12-18-6-2-4-10-24(18)32-26/h1-4,6-7,9-10,12-16,33H,5,8,11,17H2,(H,31,34). The van der Waals surface area contributed by atoms with Crippen molar-refractivity contribution in [1.29, 1.82) is 0 Å². The fraction of sp³-hybridized carbons (Fsp3) is 0.143. The summed E-state index contributed by atoms with van der Waals surface area (Å²) in [5.41, 5.74) is 5.84. The highest BCUT2D eigenvalue weighted by atomic mass is 35.5. The molecule has 34 heavy (non-hydrogen) atoms. The number of nitrogens with zero attached hydrogens (tertiary/aromatic N) is 1. The molecule has 5 rings (SSSR count). The van der Waals surface area contributed by atoms with Crippen molar-refractivity contribution < 1.29 is 4.79 Å². The molecule has 0 aliphatic rings. The molecular weight excluding hydrogens is 465 g/mol. The lowest BCUT2D eigenvalue weighted by Gasteiger charge is -2.08. The highest BCUT2D eigenvalue weighted by Gasteiger charge is 2.16. The van der Waals surface area contributed by atoms with Gasteiger partial charge in [-0.2, -0.15) is 0 Å². The van der Waals surface area contributed by atoms with E-state index in [4.69, 9.17) is 28.2 Å². The second-order valence-electron chi connectivity index (χ2n) is 8.28. The number of pyridine rings is 1. The maximum atomic E-state index is 12.5. The second kappa shape index (κ2) is 9.88. The molecule has 0 unspecified atom stereocenters.